The van der Waals surface area contributed by atoms with Crippen LogP contribution in [0.15, 0.2) is 65.5 Å². The quantitative estimate of drug-likeness (QED) is 0.319. The molecule has 10 heteroatoms. The van der Waals surface area contributed by atoms with Gasteiger partial charge in [0.05, 0.1) is 11.4 Å². The van der Waals surface area contributed by atoms with Crippen molar-refractivity contribution in [2.45, 2.75) is 38.3 Å². The van der Waals surface area contributed by atoms with Crippen LogP contribution in [0.5, 0.6) is 0 Å². The first-order valence-electron chi connectivity index (χ1n) is 12.4. The lowest BCUT2D eigenvalue weighted by molar-refractivity contribution is -0.136. The number of hydrogen-bond donors (Lipinski definition) is 3. The Morgan fingerprint density at radius 1 is 1.03 bits per heavy atom. The summed E-state index contributed by atoms with van der Waals surface area (Å²) in [7, 11) is 0. The first kappa shape index (κ1) is 23.5. The second-order valence-corrected chi connectivity index (χ2v) is 9.61. The third-order valence-electron chi connectivity index (χ3n) is 7.12. The molecule has 6 rings (SSSR count). The Labute approximate surface area is 217 Å². The fraction of sp³-hybridized carbons (Fsp3) is 0.214. The van der Waals surface area contributed by atoms with Crippen LogP contribution in [0.25, 0.3) is 22.0 Å². The molecule has 190 valence electrons. The summed E-state index contributed by atoms with van der Waals surface area (Å²) in [5.74, 6) is -0.951. The van der Waals surface area contributed by atoms with Gasteiger partial charge in [0.2, 0.25) is 5.91 Å². The number of carbonyl (C=O) groups is 3. The van der Waals surface area contributed by atoms with Gasteiger partial charge in [0.15, 0.2) is 0 Å². The number of carbonyl (C=O) groups excluding carboxylic acids is 3. The van der Waals surface area contributed by atoms with Crippen molar-refractivity contribution in [3.63, 3.8) is 0 Å². The highest BCUT2D eigenvalue weighted by Crippen LogP contribution is 2.37. The van der Waals surface area contributed by atoms with E-state index < -0.39 is 23.6 Å². The average molecular weight is 509 g/mol. The fourth-order valence-electron chi connectivity index (χ4n) is 5.11. The minimum atomic E-state index is -0.902. The Morgan fingerprint density at radius 2 is 1.84 bits per heavy atom. The molecule has 1 aliphatic carbocycles. The fourth-order valence-corrected chi connectivity index (χ4v) is 5.11. The Hall–Kier alpha value is -4.86. The Morgan fingerprint density at radius 3 is 2.68 bits per heavy atom. The highest BCUT2D eigenvalue weighted by molar-refractivity contribution is 5.99. The van der Waals surface area contributed by atoms with Gasteiger partial charge in [-0.25, -0.2) is 4.79 Å². The molecule has 0 bridgehead atoms. The topological polar surface area (TPSA) is 135 Å². The molecule has 1 saturated heterocycles. The van der Waals surface area contributed by atoms with E-state index in [4.69, 9.17) is 0 Å². The summed E-state index contributed by atoms with van der Waals surface area (Å²) in [5.41, 5.74) is 6.07. The van der Waals surface area contributed by atoms with Gasteiger partial charge in [-0.05, 0) is 71.8 Å². The summed E-state index contributed by atoms with van der Waals surface area (Å²) in [4.78, 5) is 49.7. The van der Waals surface area contributed by atoms with Crippen LogP contribution < -0.4 is 21.5 Å². The van der Waals surface area contributed by atoms with Crippen molar-refractivity contribution in [1.82, 2.24) is 25.6 Å². The van der Waals surface area contributed by atoms with Crippen LogP contribution in [-0.2, 0) is 16.0 Å². The molecule has 3 aromatic carbocycles. The maximum absolute atomic E-state index is 13.2. The Kier molecular flexibility index (Phi) is 5.71. The van der Waals surface area contributed by atoms with Gasteiger partial charge in [0.1, 0.15) is 11.6 Å². The molecule has 2 heterocycles. The van der Waals surface area contributed by atoms with Crippen molar-refractivity contribution in [3.8, 4) is 11.1 Å². The second-order valence-electron chi connectivity index (χ2n) is 9.61. The van der Waals surface area contributed by atoms with Crippen LogP contribution in [-0.4, -0.2) is 32.8 Å². The number of fused-ring (bicyclic) bond motifs is 4. The van der Waals surface area contributed by atoms with Crippen molar-refractivity contribution in [2.24, 2.45) is 0 Å². The van der Waals surface area contributed by atoms with E-state index in [1.165, 1.54) is 16.7 Å². The van der Waals surface area contributed by atoms with Gasteiger partial charge in [0.25, 0.3) is 11.5 Å². The molecule has 4 aromatic rings. The number of aromatic nitrogens is 3. The van der Waals surface area contributed by atoms with E-state index in [9.17, 15) is 19.2 Å². The lowest BCUT2D eigenvalue weighted by Crippen LogP contribution is -2.45. The standard InChI is InChI=1S/C28H24N6O4/c1-15(29-28(38)30-19-8-6-18-12-17-4-2-3-5-20(17)21(18)14-19)16-7-9-23-22(13-16)27(37)34(33-32-23)24-10-11-25(35)31-26(24)36/h2-9,13-15,24H,10-12H2,1H3,(H2,29,30,38)(H,31,35,36). The molecule has 0 radical (unpaired) electrons. The summed E-state index contributed by atoms with van der Waals surface area (Å²) < 4.78 is 1.02. The van der Waals surface area contributed by atoms with Crippen LogP contribution in [0.4, 0.5) is 10.5 Å². The van der Waals surface area contributed by atoms with Crippen molar-refractivity contribution in [1.29, 1.82) is 0 Å². The maximum Gasteiger partial charge on any atom is 0.319 e. The lowest BCUT2D eigenvalue weighted by atomic mass is 10.0. The third kappa shape index (κ3) is 4.19. The molecule has 2 atom stereocenters. The predicted molar refractivity (Wildman–Crippen MR) is 140 cm³/mol. The second kappa shape index (κ2) is 9.22. The van der Waals surface area contributed by atoms with Gasteiger partial charge in [-0.1, -0.05) is 41.6 Å². The smallest absolute Gasteiger partial charge is 0.319 e. The first-order valence-corrected chi connectivity index (χ1v) is 12.4. The number of piperidine rings is 1. The number of anilines is 1. The zero-order chi connectivity index (χ0) is 26.4. The van der Waals surface area contributed by atoms with E-state index in [2.05, 4.69) is 38.4 Å². The van der Waals surface area contributed by atoms with Gasteiger partial charge in [-0.3, -0.25) is 19.7 Å². The molecule has 2 unspecified atom stereocenters. The van der Waals surface area contributed by atoms with Gasteiger partial charge in [-0.15, -0.1) is 5.10 Å². The molecule has 0 spiro atoms. The SMILES string of the molecule is CC(NC(=O)Nc1ccc2c(c1)-c1ccccc1C2)c1ccc2nnn(C3CCC(=O)NC3=O)c(=O)c2c1. The molecule has 38 heavy (non-hydrogen) atoms. The van der Waals surface area contributed by atoms with E-state index in [0.717, 1.165) is 16.7 Å². The monoisotopic (exact) mass is 508 g/mol. The minimum Gasteiger partial charge on any atom is -0.331 e. The lowest BCUT2D eigenvalue weighted by Gasteiger charge is -2.21. The summed E-state index contributed by atoms with van der Waals surface area (Å²) in [6.07, 6.45) is 1.18. The first-order chi connectivity index (χ1) is 18.4. The minimum absolute atomic E-state index is 0.120. The van der Waals surface area contributed by atoms with Crippen molar-refractivity contribution in [2.75, 3.05) is 5.32 Å². The van der Waals surface area contributed by atoms with Crippen LogP contribution in [0.3, 0.4) is 0 Å². The van der Waals surface area contributed by atoms with Crippen molar-refractivity contribution >= 4 is 34.4 Å². The van der Waals surface area contributed by atoms with E-state index in [-0.39, 0.29) is 30.2 Å². The number of nitrogens with one attached hydrogen (secondary N) is 3. The molecule has 10 nitrogen and oxygen atoms in total. The number of nitrogens with zero attached hydrogens (tertiary/aromatic N) is 3. The highest BCUT2D eigenvalue weighted by atomic mass is 16.2. The summed E-state index contributed by atoms with van der Waals surface area (Å²) in [6, 6.07) is 17.5. The van der Waals surface area contributed by atoms with Crippen LogP contribution in [0.2, 0.25) is 0 Å². The van der Waals surface area contributed by atoms with E-state index >= 15 is 0 Å². The van der Waals surface area contributed by atoms with E-state index in [1.807, 2.05) is 37.3 Å². The number of hydrogen-bond acceptors (Lipinski definition) is 6. The average Bonchev–Trinajstić information content (AvgIpc) is 3.27. The van der Waals surface area contributed by atoms with Gasteiger partial charge in [-0.2, -0.15) is 4.68 Å². The zero-order valence-electron chi connectivity index (χ0n) is 20.5. The molecule has 1 aromatic heterocycles. The van der Waals surface area contributed by atoms with Gasteiger partial charge >= 0.3 is 6.03 Å². The van der Waals surface area contributed by atoms with Gasteiger partial charge in [0, 0.05) is 12.1 Å². The van der Waals surface area contributed by atoms with Crippen molar-refractivity contribution in [3.05, 3.63) is 87.7 Å². The summed E-state index contributed by atoms with van der Waals surface area (Å²) in [5, 5.41) is 16.3. The molecule has 2 aliphatic rings. The molecule has 1 fully saturated rings. The summed E-state index contributed by atoms with van der Waals surface area (Å²) >= 11 is 0. The van der Waals surface area contributed by atoms with Crippen LogP contribution >= 0.6 is 0 Å². The van der Waals surface area contributed by atoms with Gasteiger partial charge < -0.3 is 10.6 Å². The number of rotatable bonds is 4. The Bertz CT molecular complexity index is 1690. The molecule has 4 amide bonds. The normalized spacial score (nSPS) is 16.9. The molecule has 3 N–H and O–H groups in total. The summed E-state index contributed by atoms with van der Waals surface area (Å²) in [6.45, 7) is 1.81. The molecular weight excluding hydrogens is 484 g/mol. The van der Waals surface area contributed by atoms with Crippen LogP contribution in [0.1, 0.15) is 48.5 Å². The van der Waals surface area contributed by atoms with Crippen LogP contribution in [0, 0.1) is 0 Å². The predicted octanol–water partition coefficient (Wildman–Crippen LogP) is 3.22. The van der Waals surface area contributed by atoms with E-state index in [0.29, 0.717) is 16.8 Å². The highest BCUT2D eigenvalue weighted by Gasteiger charge is 2.30. The number of benzene rings is 3. The number of urea groups is 1. The molecular formula is C28H24N6O4. The largest absolute Gasteiger partial charge is 0.331 e. The van der Waals surface area contributed by atoms with E-state index in [1.54, 1.807) is 18.2 Å². The zero-order valence-corrected chi connectivity index (χ0v) is 20.5. The maximum atomic E-state index is 13.2. The molecule has 0 saturated carbocycles. The number of imide groups is 1. The van der Waals surface area contributed by atoms with Crippen molar-refractivity contribution < 1.29 is 14.4 Å². The molecule has 1 aliphatic heterocycles. The Balaban J connectivity index is 1.20. The third-order valence-corrected chi connectivity index (χ3v) is 7.12. The number of amides is 4.